The molecule has 7 heteroatoms. The molecule has 3 amide bonds. The van der Waals surface area contributed by atoms with Gasteiger partial charge in [0.05, 0.1) is 5.69 Å². The van der Waals surface area contributed by atoms with E-state index in [0.717, 1.165) is 38.2 Å². The number of aromatic nitrogens is 2. The molecule has 1 aliphatic carbocycles. The van der Waals surface area contributed by atoms with Crippen LogP contribution in [0, 0.1) is 5.92 Å². The number of carbonyl (C=O) groups excluding carboxylic acids is 2. The summed E-state index contributed by atoms with van der Waals surface area (Å²) in [6, 6.07) is 0.0704. The van der Waals surface area contributed by atoms with Crippen LogP contribution in [0.5, 0.6) is 0 Å². The van der Waals surface area contributed by atoms with Crippen molar-refractivity contribution in [3.63, 3.8) is 0 Å². The van der Waals surface area contributed by atoms with Crippen molar-refractivity contribution in [2.75, 3.05) is 33.7 Å². The van der Waals surface area contributed by atoms with Gasteiger partial charge in [-0.2, -0.15) is 5.10 Å². The number of hydrogen-bond acceptors (Lipinski definition) is 3. The number of urea groups is 1. The lowest BCUT2D eigenvalue weighted by atomic mass is 9.72. The maximum Gasteiger partial charge on any atom is 0.319 e. The Morgan fingerprint density at radius 1 is 1.18 bits per heavy atom. The van der Waals surface area contributed by atoms with Crippen LogP contribution in [0.1, 0.15) is 56.2 Å². The molecule has 7 nitrogen and oxygen atoms in total. The molecule has 0 N–H and O–H groups in total. The predicted octanol–water partition coefficient (Wildman–Crippen LogP) is 2.36. The first-order valence-corrected chi connectivity index (χ1v) is 10.6. The fourth-order valence-electron chi connectivity index (χ4n) is 5.37. The second-order valence-electron chi connectivity index (χ2n) is 9.23. The maximum absolute atomic E-state index is 13.1. The van der Waals surface area contributed by atoms with Gasteiger partial charge >= 0.3 is 6.03 Å². The molecule has 3 aliphatic rings. The van der Waals surface area contributed by atoms with Gasteiger partial charge in [-0.1, -0.05) is 12.8 Å². The molecule has 2 aliphatic heterocycles. The predicted molar refractivity (Wildman–Crippen MR) is 107 cm³/mol. The number of piperidine rings is 1. The van der Waals surface area contributed by atoms with Crippen molar-refractivity contribution >= 4 is 11.9 Å². The Bertz CT molecular complexity index is 742. The van der Waals surface area contributed by atoms with Gasteiger partial charge in [0, 0.05) is 70.9 Å². The van der Waals surface area contributed by atoms with E-state index in [1.54, 1.807) is 19.0 Å². The molecule has 1 spiro atoms. The molecule has 1 saturated heterocycles. The first-order valence-electron chi connectivity index (χ1n) is 10.6. The highest BCUT2D eigenvalue weighted by Gasteiger charge is 2.46. The zero-order valence-electron chi connectivity index (χ0n) is 17.5. The molecule has 1 aromatic rings. The number of likely N-dealkylation sites (tertiary alicyclic amines) is 1. The van der Waals surface area contributed by atoms with Gasteiger partial charge < -0.3 is 14.7 Å². The van der Waals surface area contributed by atoms with Gasteiger partial charge in [0.25, 0.3) is 0 Å². The van der Waals surface area contributed by atoms with E-state index in [0.29, 0.717) is 24.8 Å². The summed E-state index contributed by atoms with van der Waals surface area (Å²) < 4.78 is 1.88. The summed E-state index contributed by atoms with van der Waals surface area (Å²) in [5.74, 6) is 0.867. The quantitative estimate of drug-likeness (QED) is 0.783. The highest BCUT2D eigenvalue weighted by atomic mass is 16.2. The number of carbonyl (C=O) groups is 2. The van der Waals surface area contributed by atoms with Gasteiger partial charge in [-0.15, -0.1) is 0 Å². The van der Waals surface area contributed by atoms with Gasteiger partial charge in [0.15, 0.2) is 0 Å². The smallest absolute Gasteiger partial charge is 0.319 e. The van der Waals surface area contributed by atoms with Gasteiger partial charge in [0.2, 0.25) is 5.91 Å². The Morgan fingerprint density at radius 2 is 1.86 bits per heavy atom. The molecule has 4 rings (SSSR count). The van der Waals surface area contributed by atoms with Gasteiger partial charge in [-0.25, -0.2) is 4.79 Å². The summed E-state index contributed by atoms with van der Waals surface area (Å²) in [5, 5.41) is 4.80. The molecule has 1 aromatic heterocycles. The van der Waals surface area contributed by atoms with Crippen LogP contribution in [-0.2, 0) is 23.8 Å². The molecule has 154 valence electrons. The summed E-state index contributed by atoms with van der Waals surface area (Å²) in [4.78, 5) is 31.1. The molecule has 28 heavy (non-hydrogen) atoms. The Kier molecular flexibility index (Phi) is 5.10. The number of rotatable bonds is 2. The summed E-state index contributed by atoms with van der Waals surface area (Å²) in [7, 11) is 5.56. The standard InChI is InChI=1S/C21H33N5O2/c1-23(2)20(28)25-10-8-21(9-11-25)15-26(14-17-13-24(3)22-19(17)21)18(27)12-16-6-4-5-7-16/h13,16H,4-12,14-15H2,1-3H3. The van der Waals surface area contributed by atoms with Crippen LogP contribution in [0.2, 0.25) is 0 Å². The van der Waals surface area contributed by atoms with Crippen LogP contribution < -0.4 is 0 Å². The van der Waals surface area contributed by atoms with Crippen LogP contribution in [-0.4, -0.2) is 70.1 Å². The van der Waals surface area contributed by atoms with Crippen molar-refractivity contribution in [3.05, 3.63) is 17.5 Å². The normalized spacial score (nSPS) is 21.8. The molecule has 0 atom stereocenters. The van der Waals surface area contributed by atoms with Gasteiger partial charge in [-0.05, 0) is 31.6 Å². The van der Waals surface area contributed by atoms with Crippen molar-refractivity contribution in [1.29, 1.82) is 0 Å². The lowest BCUT2D eigenvalue weighted by molar-refractivity contribution is -0.134. The number of aryl methyl sites for hydroxylation is 1. The largest absolute Gasteiger partial charge is 0.337 e. The van der Waals surface area contributed by atoms with E-state index in [1.807, 2.05) is 16.6 Å². The average molecular weight is 388 g/mol. The number of hydrogen-bond donors (Lipinski definition) is 0. The van der Waals surface area contributed by atoms with Crippen molar-refractivity contribution in [1.82, 2.24) is 24.5 Å². The monoisotopic (exact) mass is 387 g/mol. The zero-order chi connectivity index (χ0) is 19.9. The zero-order valence-corrected chi connectivity index (χ0v) is 17.5. The molecular weight excluding hydrogens is 354 g/mol. The van der Waals surface area contributed by atoms with E-state index in [9.17, 15) is 9.59 Å². The van der Waals surface area contributed by atoms with Crippen molar-refractivity contribution in [3.8, 4) is 0 Å². The van der Waals surface area contributed by atoms with Crippen LogP contribution >= 0.6 is 0 Å². The SMILES string of the molecule is CN(C)C(=O)N1CCC2(CC1)CN(C(=O)CC1CCCC1)Cc1cn(C)nc12. The first-order chi connectivity index (χ1) is 13.4. The van der Waals surface area contributed by atoms with Crippen molar-refractivity contribution in [2.24, 2.45) is 13.0 Å². The fourth-order valence-corrected chi connectivity index (χ4v) is 5.37. The third-order valence-corrected chi connectivity index (χ3v) is 6.93. The minimum atomic E-state index is -0.122. The number of fused-ring (bicyclic) bond motifs is 2. The highest BCUT2D eigenvalue weighted by Crippen LogP contribution is 2.41. The van der Waals surface area contributed by atoms with Crippen LogP contribution in [0.15, 0.2) is 6.20 Å². The van der Waals surface area contributed by atoms with Crippen LogP contribution in [0.3, 0.4) is 0 Å². The summed E-state index contributed by atoms with van der Waals surface area (Å²) >= 11 is 0. The molecule has 0 bridgehead atoms. The van der Waals surface area contributed by atoms with E-state index >= 15 is 0 Å². The van der Waals surface area contributed by atoms with Crippen LogP contribution in [0.25, 0.3) is 0 Å². The second kappa shape index (κ2) is 7.41. The number of nitrogens with zero attached hydrogens (tertiary/aromatic N) is 5. The lowest BCUT2D eigenvalue weighted by Gasteiger charge is -2.47. The summed E-state index contributed by atoms with van der Waals surface area (Å²) in [6.07, 6.45) is 9.43. The third-order valence-electron chi connectivity index (χ3n) is 6.93. The minimum absolute atomic E-state index is 0.0704. The van der Waals surface area contributed by atoms with Crippen LogP contribution in [0.4, 0.5) is 4.79 Å². The Balaban J connectivity index is 1.53. The van der Waals surface area contributed by atoms with E-state index in [1.165, 1.54) is 31.2 Å². The summed E-state index contributed by atoms with van der Waals surface area (Å²) in [5.41, 5.74) is 2.21. The Morgan fingerprint density at radius 3 is 2.50 bits per heavy atom. The van der Waals surface area contributed by atoms with E-state index < -0.39 is 0 Å². The molecule has 0 radical (unpaired) electrons. The maximum atomic E-state index is 13.1. The minimum Gasteiger partial charge on any atom is -0.337 e. The topological polar surface area (TPSA) is 61.7 Å². The summed E-state index contributed by atoms with van der Waals surface area (Å²) in [6.45, 7) is 2.86. The fraction of sp³-hybridized carbons (Fsp3) is 0.762. The molecule has 1 saturated carbocycles. The van der Waals surface area contributed by atoms with Crippen molar-refractivity contribution < 1.29 is 9.59 Å². The molecule has 2 fully saturated rings. The molecule has 3 heterocycles. The first kappa shape index (κ1) is 19.3. The molecular formula is C21H33N5O2. The third kappa shape index (κ3) is 3.51. The Labute approximate surface area is 167 Å². The molecule has 0 unspecified atom stereocenters. The van der Waals surface area contributed by atoms with E-state index in [2.05, 4.69) is 11.1 Å². The van der Waals surface area contributed by atoms with E-state index in [4.69, 9.17) is 5.10 Å². The van der Waals surface area contributed by atoms with Gasteiger partial charge in [-0.3, -0.25) is 9.48 Å². The highest BCUT2D eigenvalue weighted by molar-refractivity contribution is 5.77. The lowest BCUT2D eigenvalue weighted by Crippen LogP contribution is -2.55. The Hall–Kier alpha value is -2.05. The van der Waals surface area contributed by atoms with E-state index in [-0.39, 0.29) is 11.4 Å². The second-order valence-corrected chi connectivity index (χ2v) is 9.23. The molecule has 0 aromatic carbocycles. The van der Waals surface area contributed by atoms with Crippen molar-refractivity contribution in [2.45, 2.75) is 56.9 Å². The number of amides is 3. The van der Waals surface area contributed by atoms with Gasteiger partial charge in [0.1, 0.15) is 0 Å². The average Bonchev–Trinajstić information content (AvgIpc) is 3.31.